The third-order valence-electron chi connectivity index (χ3n) is 8.12. The highest BCUT2D eigenvalue weighted by atomic mass is 16.3. The van der Waals surface area contributed by atoms with Crippen LogP contribution in [-0.2, 0) is 22.4 Å². The smallest absolute Gasteiger partial charge is 0.309 e. The molecule has 2 fully saturated rings. The maximum Gasteiger partial charge on any atom is 0.309 e. The Balaban J connectivity index is 1.49. The Morgan fingerprint density at radius 1 is 0.611 bits per heavy atom. The van der Waals surface area contributed by atoms with E-state index < -0.39 is 35.1 Å². The van der Waals surface area contributed by atoms with E-state index in [4.69, 9.17) is 0 Å². The van der Waals surface area contributed by atoms with Crippen LogP contribution in [-0.4, -0.2) is 45.3 Å². The van der Waals surface area contributed by atoms with E-state index in [-0.39, 0.29) is 0 Å². The summed E-state index contributed by atoms with van der Waals surface area (Å²) in [4.78, 5) is 26.4. The molecule has 2 atom stereocenters. The molecular weight excluding hydrogens is 452 g/mol. The van der Waals surface area contributed by atoms with Crippen LogP contribution in [0.25, 0.3) is 0 Å². The summed E-state index contributed by atoms with van der Waals surface area (Å²) in [6, 6.07) is 18.4. The van der Waals surface area contributed by atoms with Crippen molar-refractivity contribution in [3.8, 4) is 0 Å². The largest absolute Gasteiger partial charge is 0.388 e. The lowest BCUT2D eigenvalue weighted by molar-refractivity contribution is -0.143. The SMILES string of the molecule is O=C(NC(Cc1ccccc1)C1(O)CCCCC1)C(=O)NC(Cc1ccccc1)C1(O)CCCCC1. The van der Waals surface area contributed by atoms with Gasteiger partial charge in [-0.1, -0.05) is 99.2 Å². The van der Waals surface area contributed by atoms with Crippen molar-refractivity contribution in [2.45, 2.75) is 100 Å². The van der Waals surface area contributed by atoms with Crippen molar-refractivity contribution in [1.29, 1.82) is 0 Å². The van der Waals surface area contributed by atoms with Crippen LogP contribution in [0.1, 0.15) is 75.3 Å². The second-order valence-electron chi connectivity index (χ2n) is 10.8. The molecule has 0 aliphatic heterocycles. The molecule has 2 aromatic carbocycles. The summed E-state index contributed by atoms with van der Waals surface area (Å²) < 4.78 is 0. The van der Waals surface area contributed by atoms with Crippen molar-refractivity contribution < 1.29 is 19.8 Å². The first-order chi connectivity index (χ1) is 17.4. The number of aliphatic hydroxyl groups is 2. The minimum Gasteiger partial charge on any atom is -0.388 e. The minimum atomic E-state index is -1.05. The average Bonchev–Trinajstić information content (AvgIpc) is 2.90. The molecule has 2 amide bonds. The summed E-state index contributed by atoms with van der Waals surface area (Å²) in [6.45, 7) is 0. The van der Waals surface area contributed by atoms with Crippen LogP contribution in [0.3, 0.4) is 0 Å². The molecule has 2 aliphatic rings. The van der Waals surface area contributed by atoms with Gasteiger partial charge in [-0.25, -0.2) is 0 Å². The molecule has 0 heterocycles. The lowest BCUT2D eigenvalue weighted by Gasteiger charge is -2.41. The fourth-order valence-corrected chi connectivity index (χ4v) is 5.92. The van der Waals surface area contributed by atoms with Gasteiger partial charge in [-0.3, -0.25) is 9.59 Å². The van der Waals surface area contributed by atoms with Crippen LogP contribution < -0.4 is 10.6 Å². The van der Waals surface area contributed by atoms with Crippen molar-refractivity contribution >= 4 is 11.8 Å². The molecule has 4 rings (SSSR count). The van der Waals surface area contributed by atoms with E-state index in [1.807, 2.05) is 60.7 Å². The molecule has 2 unspecified atom stereocenters. The van der Waals surface area contributed by atoms with Gasteiger partial charge in [-0.2, -0.15) is 0 Å². The second kappa shape index (κ2) is 12.0. The molecule has 4 N–H and O–H groups in total. The van der Waals surface area contributed by atoms with Crippen LogP contribution >= 0.6 is 0 Å². The number of carbonyl (C=O) groups is 2. The number of carbonyl (C=O) groups excluding carboxylic acids is 2. The van der Waals surface area contributed by atoms with Crippen molar-refractivity contribution in [2.24, 2.45) is 0 Å². The Morgan fingerprint density at radius 2 is 0.944 bits per heavy atom. The standard InChI is InChI=1S/C30H40N2O4/c33-27(31-25(21-23-13-5-1-6-14-23)29(35)17-9-3-10-18-29)28(34)32-26(22-24-15-7-2-8-16-24)30(36)19-11-4-12-20-30/h1-2,5-8,13-16,25-26,35-36H,3-4,9-12,17-22H2,(H,31,33)(H,32,34). The predicted octanol–water partition coefficient (Wildman–Crippen LogP) is 3.83. The Bertz CT molecular complexity index is 901. The van der Waals surface area contributed by atoms with Gasteiger partial charge in [0.25, 0.3) is 0 Å². The van der Waals surface area contributed by atoms with Gasteiger partial charge in [0.2, 0.25) is 0 Å². The quantitative estimate of drug-likeness (QED) is 0.421. The fourth-order valence-electron chi connectivity index (χ4n) is 5.92. The third-order valence-corrected chi connectivity index (χ3v) is 8.12. The number of rotatable bonds is 8. The van der Waals surface area contributed by atoms with Crippen molar-refractivity contribution in [3.63, 3.8) is 0 Å². The second-order valence-corrected chi connectivity index (χ2v) is 10.8. The van der Waals surface area contributed by atoms with E-state index in [2.05, 4.69) is 10.6 Å². The zero-order valence-corrected chi connectivity index (χ0v) is 21.1. The van der Waals surface area contributed by atoms with Gasteiger partial charge in [0, 0.05) is 0 Å². The van der Waals surface area contributed by atoms with Gasteiger partial charge in [0.1, 0.15) is 0 Å². The van der Waals surface area contributed by atoms with Gasteiger partial charge in [-0.05, 0) is 49.7 Å². The van der Waals surface area contributed by atoms with Gasteiger partial charge >= 0.3 is 11.8 Å². The zero-order chi connectivity index (χ0) is 25.4. The third kappa shape index (κ3) is 6.74. The number of amides is 2. The molecule has 2 aliphatic carbocycles. The van der Waals surface area contributed by atoms with Crippen LogP contribution in [0, 0.1) is 0 Å². The van der Waals surface area contributed by atoms with Crippen LogP contribution in [0.15, 0.2) is 60.7 Å². The van der Waals surface area contributed by atoms with Crippen LogP contribution in [0.4, 0.5) is 0 Å². The first kappa shape index (κ1) is 26.4. The molecule has 0 spiro atoms. The van der Waals surface area contributed by atoms with Gasteiger partial charge < -0.3 is 20.8 Å². The summed E-state index contributed by atoms with van der Waals surface area (Å²) in [7, 11) is 0. The fraction of sp³-hybridized carbons (Fsp3) is 0.533. The first-order valence-electron chi connectivity index (χ1n) is 13.5. The molecule has 2 aromatic rings. The highest BCUT2D eigenvalue weighted by molar-refractivity contribution is 6.35. The number of benzene rings is 2. The van der Waals surface area contributed by atoms with Crippen molar-refractivity contribution in [1.82, 2.24) is 10.6 Å². The van der Waals surface area contributed by atoms with Crippen LogP contribution in [0.2, 0.25) is 0 Å². The lowest BCUT2D eigenvalue weighted by atomic mass is 9.77. The summed E-state index contributed by atoms with van der Waals surface area (Å²) in [5.41, 5.74) is -0.0919. The maximum absolute atomic E-state index is 13.2. The van der Waals surface area contributed by atoms with Gasteiger partial charge in [0.05, 0.1) is 23.3 Å². The first-order valence-corrected chi connectivity index (χ1v) is 13.5. The molecule has 0 radical (unpaired) electrons. The van der Waals surface area contributed by atoms with Crippen LogP contribution in [0.5, 0.6) is 0 Å². The summed E-state index contributed by atoms with van der Waals surface area (Å²) >= 11 is 0. The lowest BCUT2D eigenvalue weighted by Crippen LogP contribution is -2.60. The number of hydrogen-bond donors (Lipinski definition) is 4. The molecule has 2 saturated carbocycles. The molecule has 36 heavy (non-hydrogen) atoms. The highest BCUT2D eigenvalue weighted by Gasteiger charge is 2.42. The molecule has 6 nitrogen and oxygen atoms in total. The molecular formula is C30H40N2O4. The Kier molecular flexibility index (Phi) is 8.81. The van der Waals surface area contributed by atoms with E-state index in [1.165, 1.54) is 0 Å². The monoisotopic (exact) mass is 492 g/mol. The van der Waals surface area contributed by atoms with Crippen molar-refractivity contribution in [2.75, 3.05) is 0 Å². The number of nitrogens with one attached hydrogen (secondary N) is 2. The molecule has 0 saturated heterocycles. The van der Waals surface area contributed by atoms with E-state index in [0.717, 1.165) is 49.7 Å². The summed E-state index contributed by atoms with van der Waals surface area (Å²) in [5.74, 6) is -1.51. The van der Waals surface area contributed by atoms with Gasteiger partial charge in [0.15, 0.2) is 0 Å². The molecule has 194 valence electrons. The average molecular weight is 493 g/mol. The summed E-state index contributed by atoms with van der Waals surface area (Å²) in [5, 5.41) is 28.7. The highest BCUT2D eigenvalue weighted by Crippen LogP contribution is 2.34. The number of hydrogen-bond acceptors (Lipinski definition) is 4. The Labute approximate surface area is 214 Å². The normalized spacial score (nSPS) is 20.6. The van der Waals surface area contributed by atoms with Gasteiger partial charge in [-0.15, -0.1) is 0 Å². The molecule has 0 bridgehead atoms. The topological polar surface area (TPSA) is 98.7 Å². The minimum absolute atomic E-state index is 0.452. The molecule has 0 aromatic heterocycles. The van der Waals surface area contributed by atoms with E-state index >= 15 is 0 Å². The van der Waals surface area contributed by atoms with E-state index in [9.17, 15) is 19.8 Å². The zero-order valence-electron chi connectivity index (χ0n) is 21.1. The Hall–Kier alpha value is -2.70. The van der Waals surface area contributed by atoms with E-state index in [0.29, 0.717) is 38.5 Å². The summed E-state index contributed by atoms with van der Waals surface area (Å²) in [6.07, 6.45) is 9.03. The molecule has 6 heteroatoms. The predicted molar refractivity (Wildman–Crippen MR) is 140 cm³/mol. The Morgan fingerprint density at radius 3 is 1.28 bits per heavy atom. The van der Waals surface area contributed by atoms with Crippen molar-refractivity contribution in [3.05, 3.63) is 71.8 Å². The maximum atomic E-state index is 13.2. The van der Waals surface area contributed by atoms with E-state index in [1.54, 1.807) is 0 Å².